The van der Waals surface area contributed by atoms with Crippen molar-refractivity contribution in [3.8, 4) is 6.07 Å². The first kappa shape index (κ1) is 26.0. The van der Waals surface area contributed by atoms with Crippen LogP contribution in [0.5, 0.6) is 0 Å². The summed E-state index contributed by atoms with van der Waals surface area (Å²) in [5.74, 6) is 0.0640. The van der Waals surface area contributed by atoms with E-state index in [0.29, 0.717) is 45.2 Å². The second-order valence-electron chi connectivity index (χ2n) is 11.7. The maximum Gasteiger partial charge on any atom is 0.224 e. The summed E-state index contributed by atoms with van der Waals surface area (Å²) in [4.78, 5) is 30.6. The summed E-state index contributed by atoms with van der Waals surface area (Å²) in [6, 6.07) is 2.43. The van der Waals surface area contributed by atoms with Crippen molar-refractivity contribution in [1.82, 2.24) is 15.1 Å². The van der Waals surface area contributed by atoms with E-state index in [2.05, 4.69) is 37.1 Å². The van der Waals surface area contributed by atoms with Crippen LogP contribution in [0.2, 0.25) is 0 Å². The number of likely N-dealkylation sites (tertiary alicyclic amines) is 1. The summed E-state index contributed by atoms with van der Waals surface area (Å²) in [6.07, 6.45) is 8.64. The van der Waals surface area contributed by atoms with Gasteiger partial charge in [0.2, 0.25) is 11.8 Å². The number of hydrogen-bond acceptors (Lipinski definition) is 5. The zero-order chi connectivity index (χ0) is 23.9. The molecule has 186 valence electrons. The number of amides is 2. The fraction of sp³-hybridized carbons (Fsp3) is 0.885. The molecule has 2 unspecified atom stereocenters. The Balaban J connectivity index is 1.63. The molecular formula is C26H44N4O3. The average Bonchev–Trinajstić information content (AvgIpc) is 3.21. The van der Waals surface area contributed by atoms with Crippen molar-refractivity contribution in [3.63, 3.8) is 0 Å². The molecule has 2 saturated heterocycles. The fourth-order valence-corrected chi connectivity index (χ4v) is 5.39. The first-order valence-electron chi connectivity index (χ1n) is 13.0. The normalized spacial score (nSPS) is 26.1. The Morgan fingerprint density at radius 1 is 1.15 bits per heavy atom. The Bertz CT molecular complexity index is 701. The highest BCUT2D eigenvalue weighted by molar-refractivity contribution is 5.86. The molecule has 1 saturated carbocycles. The van der Waals surface area contributed by atoms with E-state index in [0.717, 1.165) is 38.8 Å². The van der Waals surface area contributed by atoms with E-state index in [1.165, 1.54) is 19.3 Å². The second kappa shape index (κ2) is 11.7. The molecule has 0 radical (unpaired) electrons. The van der Waals surface area contributed by atoms with Gasteiger partial charge in [-0.3, -0.25) is 14.5 Å². The van der Waals surface area contributed by atoms with Gasteiger partial charge in [-0.2, -0.15) is 5.26 Å². The number of nitrogens with one attached hydrogen (secondary N) is 1. The standard InChI is InChI=1S/C26H44N4O3/c1-25(2,3)9-11-29-12-10-26(19-27,20-29)28-24(32)22(17-21-7-5-4-6-8-21)18-23(31)30-13-15-33-16-14-30/h21-22H,4-18,20H2,1-3H3,(H,28,32). The zero-order valence-electron chi connectivity index (χ0n) is 21.0. The summed E-state index contributed by atoms with van der Waals surface area (Å²) in [7, 11) is 0. The molecule has 0 spiro atoms. The van der Waals surface area contributed by atoms with E-state index in [1.54, 1.807) is 0 Å². The Labute approximate surface area is 200 Å². The quantitative estimate of drug-likeness (QED) is 0.600. The number of nitrogens with zero attached hydrogens (tertiary/aromatic N) is 3. The summed E-state index contributed by atoms with van der Waals surface area (Å²) in [6.45, 7) is 11.3. The van der Waals surface area contributed by atoms with Crippen molar-refractivity contribution < 1.29 is 14.3 Å². The van der Waals surface area contributed by atoms with Gasteiger partial charge in [0.25, 0.3) is 0 Å². The lowest BCUT2D eigenvalue weighted by molar-refractivity contribution is -0.140. The van der Waals surface area contributed by atoms with Gasteiger partial charge >= 0.3 is 0 Å². The first-order valence-corrected chi connectivity index (χ1v) is 13.0. The van der Waals surface area contributed by atoms with E-state index < -0.39 is 5.54 Å². The SMILES string of the molecule is CC(C)(C)CCN1CCC(C#N)(NC(=O)C(CC(=O)N2CCOCC2)CC2CCCCC2)C1. The highest BCUT2D eigenvalue weighted by Gasteiger charge is 2.41. The number of hydrogen-bond donors (Lipinski definition) is 1. The number of rotatable bonds is 8. The van der Waals surface area contributed by atoms with Gasteiger partial charge in [0.05, 0.1) is 19.3 Å². The van der Waals surface area contributed by atoms with Crippen molar-refractivity contribution >= 4 is 11.8 Å². The van der Waals surface area contributed by atoms with E-state index in [4.69, 9.17) is 4.74 Å². The smallest absolute Gasteiger partial charge is 0.224 e. The van der Waals surface area contributed by atoms with Gasteiger partial charge < -0.3 is 15.0 Å². The molecule has 0 aromatic rings. The molecule has 7 nitrogen and oxygen atoms in total. The molecule has 7 heteroatoms. The zero-order valence-corrected chi connectivity index (χ0v) is 21.0. The predicted octanol–water partition coefficient (Wildman–Crippen LogP) is 3.34. The van der Waals surface area contributed by atoms with Crippen LogP contribution in [0, 0.1) is 28.6 Å². The summed E-state index contributed by atoms with van der Waals surface area (Å²) < 4.78 is 5.38. The summed E-state index contributed by atoms with van der Waals surface area (Å²) in [5.41, 5.74) is -0.603. The summed E-state index contributed by atoms with van der Waals surface area (Å²) in [5, 5.41) is 13.1. The van der Waals surface area contributed by atoms with Crippen LogP contribution in [-0.4, -0.2) is 73.1 Å². The van der Waals surface area contributed by atoms with Gasteiger partial charge in [0.1, 0.15) is 5.54 Å². The third-order valence-electron chi connectivity index (χ3n) is 7.60. The molecular weight excluding hydrogens is 416 g/mol. The van der Waals surface area contributed by atoms with Crippen LogP contribution in [-0.2, 0) is 14.3 Å². The fourth-order valence-electron chi connectivity index (χ4n) is 5.39. The van der Waals surface area contributed by atoms with E-state index in [9.17, 15) is 14.9 Å². The topological polar surface area (TPSA) is 85.7 Å². The third kappa shape index (κ3) is 7.96. The molecule has 2 amide bonds. The van der Waals surface area contributed by atoms with E-state index >= 15 is 0 Å². The van der Waals surface area contributed by atoms with Gasteiger partial charge in [0, 0.05) is 38.5 Å². The number of carbonyl (C=O) groups is 2. The summed E-state index contributed by atoms with van der Waals surface area (Å²) >= 11 is 0. The van der Waals surface area contributed by atoms with E-state index in [-0.39, 0.29) is 29.6 Å². The molecule has 1 aliphatic carbocycles. The first-order chi connectivity index (χ1) is 15.7. The Morgan fingerprint density at radius 2 is 1.85 bits per heavy atom. The van der Waals surface area contributed by atoms with Crippen LogP contribution in [0.25, 0.3) is 0 Å². The lowest BCUT2D eigenvalue weighted by atomic mass is 9.81. The van der Waals surface area contributed by atoms with Crippen molar-refractivity contribution in [2.75, 3.05) is 45.9 Å². The molecule has 2 atom stereocenters. The number of carbonyl (C=O) groups excluding carboxylic acids is 2. The minimum atomic E-state index is -0.845. The second-order valence-corrected chi connectivity index (χ2v) is 11.7. The lowest BCUT2D eigenvalue weighted by Crippen LogP contribution is -2.52. The molecule has 3 rings (SSSR count). The predicted molar refractivity (Wildman–Crippen MR) is 128 cm³/mol. The van der Waals surface area contributed by atoms with Crippen molar-refractivity contribution in [2.45, 2.75) is 84.1 Å². The lowest BCUT2D eigenvalue weighted by Gasteiger charge is -2.32. The molecule has 0 bridgehead atoms. The van der Waals surface area contributed by atoms with Gasteiger partial charge in [-0.25, -0.2) is 0 Å². The molecule has 1 N–H and O–H groups in total. The van der Waals surface area contributed by atoms with Crippen LogP contribution in [0.3, 0.4) is 0 Å². The van der Waals surface area contributed by atoms with Gasteiger partial charge in [-0.1, -0.05) is 52.9 Å². The molecule has 33 heavy (non-hydrogen) atoms. The minimum Gasteiger partial charge on any atom is -0.378 e. The Kier molecular flexibility index (Phi) is 9.17. The molecule has 2 aliphatic heterocycles. The minimum absolute atomic E-state index is 0.0403. The molecule has 0 aromatic carbocycles. The molecule has 3 aliphatic rings. The van der Waals surface area contributed by atoms with Crippen molar-refractivity contribution in [2.24, 2.45) is 17.3 Å². The Morgan fingerprint density at radius 3 is 2.48 bits per heavy atom. The van der Waals surface area contributed by atoms with Crippen LogP contribution in [0.1, 0.15) is 78.6 Å². The van der Waals surface area contributed by atoms with Crippen molar-refractivity contribution in [1.29, 1.82) is 5.26 Å². The average molecular weight is 461 g/mol. The molecule has 3 fully saturated rings. The van der Waals surface area contributed by atoms with Crippen LogP contribution in [0.15, 0.2) is 0 Å². The van der Waals surface area contributed by atoms with E-state index in [1.807, 2.05) is 4.90 Å². The van der Waals surface area contributed by atoms with Gasteiger partial charge in [0.15, 0.2) is 0 Å². The molecule has 0 aromatic heterocycles. The van der Waals surface area contributed by atoms with Crippen molar-refractivity contribution in [3.05, 3.63) is 0 Å². The maximum absolute atomic E-state index is 13.5. The third-order valence-corrected chi connectivity index (χ3v) is 7.60. The highest BCUT2D eigenvalue weighted by Crippen LogP contribution is 2.32. The number of nitriles is 1. The Hall–Kier alpha value is -1.65. The van der Waals surface area contributed by atoms with Crippen LogP contribution >= 0.6 is 0 Å². The largest absolute Gasteiger partial charge is 0.378 e. The van der Waals surface area contributed by atoms with Crippen LogP contribution in [0.4, 0.5) is 0 Å². The van der Waals surface area contributed by atoms with Gasteiger partial charge in [-0.05, 0) is 37.1 Å². The highest BCUT2D eigenvalue weighted by atomic mass is 16.5. The number of ether oxygens (including phenoxy) is 1. The molecule has 2 heterocycles. The number of morpholine rings is 1. The maximum atomic E-state index is 13.5. The van der Waals surface area contributed by atoms with Crippen LogP contribution < -0.4 is 5.32 Å². The van der Waals surface area contributed by atoms with Gasteiger partial charge in [-0.15, -0.1) is 0 Å². The monoisotopic (exact) mass is 460 g/mol.